The van der Waals surface area contributed by atoms with Gasteiger partial charge in [0, 0.05) is 13.1 Å². The van der Waals surface area contributed by atoms with Crippen LogP contribution in [-0.4, -0.2) is 40.0 Å². The molecule has 0 aromatic carbocycles. The number of hydrogen-bond donors (Lipinski definition) is 1. The summed E-state index contributed by atoms with van der Waals surface area (Å²) in [4.78, 5) is 12.3. The third-order valence-corrected chi connectivity index (χ3v) is 3.42. The molecule has 1 aliphatic rings. The maximum Gasteiger partial charge on any atom is 0.403 e. The number of nitrogens with zero attached hydrogens (tertiary/aromatic N) is 3. The molecule has 1 fully saturated rings. The van der Waals surface area contributed by atoms with Gasteiger partial charge in [0.1, 0.15) is 11.1 Å². The Balaban J connectivity index is 2.38. The molecule has 1 aromatic heterocycles. The lowest BCUT2D eigenvalue weighted by molar-refractivity contribution is -0.197. The van der Waals surface area contributed by atoms with Crippen LogP contribution in [0, 0.1) is 5.41 Å². The number of hydrogen-bond acceptors (Lipinski definition) is 4. The first-order valence-corrected chi connectivity index (χ1v) is 6.13. The van der Waals surface area contributed by atoms with E-state index in [1.807, 2.05) is 6.92 Å². The molecule has 0 amide bonds. The molecule has 2 heterocycles. The smallest absolute Gasteiger partial charge is 0.315 e. The maximum absolute atomic E-state index is 13.3. The molecular weight excluding hydrogens is 261 g/mol. The van der Waals surface area contributed by atoms with Crippen molar-refractivity contribution in [2.24, 2.45) is 5.41 Å². The fourth-order valence-electron chi connectivity index (χ4n) is 2.31. The summed E-state index contributed by atoms with van der Waals surface area (Å²) in [6, 6.07) is 0. The van der Waals surface area contributed by atoms with Gasteiger partial charge in [0.2, 0.25) is 0 Å². The quantitative estimate of drug-likeness (QED) is 0.845. The Labute approximate surface area is 108 Å². The minimum absolute atomic E-state index is 0.0668. The van der Waals surface area contributed by atoms with Gasteiger partial charge in [0.15, 0.2) is 5.78 Å². The third kappa shape index (κ3) is 2.24. The van der Waals surface area contributed by atoms with E-state index in [0.717, 1.165) is 6.20 Å². The van der Waals surface area contributed by atoms with Gasteiger partial charge >= 0.3 is 6.18 Å². The predicted molar refractivity (Wildman–Crippen MR) is 60.6 cm³/mol. The molecule has 0 radical (unpaired) electrons. The largest absolute Gasteiger partial charge is 0.403 e. The van der Waals surface area contributed by atoms with E-state index < -0.39 is 17.4 Å². The SMILES string of the molecule is CCCn1nncc1C(=O)C1(C(F)(F)F)CCNC1. The first kappa shape index (κ1) is 14.0. The van der Waals surface area contributed by atoms with Crippen LogP contribution in [0.3, 0.4) is 0 Å². The van der Waals surface area contributed by atoms with E-state index in [1.54, 1.807) is 0 Å². The van der Waals surface area contributed by atoms with Gasteiger partial charge < -0.3 is 5.32 Å². The zero-order valence-electron chi connectivity index (χ0n) is 10.5. The van der Waals surface area contributed by atoms with Gasteiger partial charge in [-0.1, -0.05) is 12.1 Å². The number of carbonyl (C=O) groups is 1. The number of rotatable bonds is 4. The van der Waals surface area contributed by atoms with E-state index in [0.29, 0.717) is 13.0 Å². The summed E-state index contributed by atoms with van der Waals surface area (Å²) in [6.07, 6.45) is -3.04. The van der Waals surface area contributed by atoms with Crippen molar-refractivity contribution in [1.82, 2.24) is 20.3 Å². The summed E-state index contributed by atoms with van der Waals surface area (Å²) in [7, 11) is 0. The van der Waals surface area contributed by atoms with E-state index >= 15 is 0 Å². The Kier molecular flexibility index (Phi) is 3.62. The lowest BCUT2D eigenvalue weighted by atomic mass is 9.80. The van der Waals surface area contributed by atoms with Gasteiger partial charge in [0.05, 0.1) is 6.20 Å². The van der Waals surface area contributed by atoms with Gasteiger partial charge in [0.25, 0.3) is 0 Å². The molecule has 5 nitrogen and oxygen atoms in total. The van der Waals surface area contributed by atoms with Crippen molar-refractivity contribution in [1.29, 1.82) is 0 Å². The van der Waals surface area contributed by atoms with Gasteiger partial charge in [-0.2, -0.15) is 13.2 Å². The molecule has 8 heteroatoms. The van der Waals surface area contributed by atoms with E-state index in [2.05, 4.69) is 15.6 Å². The molecule has 106 valence electrons. The van der Waals surface area contributed by atoms with Crippen LogP contribution in [0.5, 0.6) is 0 Å². The van der Waals surface area contributed by atoms with Crippen LogP contribution in [0.25, 0.3) is 0 Å². The summed E-state index contributed by atoms with van der Waals surface area (Å²) in [5.41, 5.74) is -2.41. The van der Waals surface area contributed by atoms with Crippen molar-refractivity contribution in [2.75, 3.05) is 13.1 Å². The number of carbonyl (C=O) groups excluding carboxylic acids is 1. The van der Waals surface area contributed by atoms with E-state index in [1.165, 1.54) is 4.68 Å². The van der Waals surface area contributed by atoms with Crippen LogP contribution < -0.4 is 5.32 Å². The fourth-order valence-corrected chi connectivity index (χ4v) is 2.31. The second-order valence-corrected chi connectivity index (χ2v) is 4.68. The minimum atomic E-state index is -4.57. The van der Waals surface area contributed by atoms with Crippen molar-refractivity contribution in [3.63, 3.8) is 0 Å². The van der Waals surface area contributed by atoms with Crippen molar-refractivity contribution >= 4 is 5.78 Å². The zero-order valence-corrected chi connectivity index (χ0v) is 10.5. The van der Waals surface area contributed by atoms with E-state index in [4.69, 9.17) is 0 Å². The monoisotopic (exact) mass is 276 g/mol. The first-order valence-electron chi connectivity index (χ1n) is 6.13. The van der Waals surface area contributed by atoms with Gasteiger partial charge in [-0.3, -0.25) is 4.79 Å². The molecule has 1 aliphatic heterocycles. The number of ketones is 1. The van der Waals surface area contributed by atoms with Crippen LogP contribution in [0.2, 0.25) is 0 Å². The Hall–Kier alpha value is -1.44. The number of aryl methyl sites for hydroxylation is 1. The lowest BCUT2D eigenvalue weighted by Crippen LogP contribution is -2.47. The fraction of sp³-hybridized carbons (Fsp3) is 0.727. The van der Waals surface area contributed by atoms with Crippen LogP contribution >= 0.6 is 0 Å². The number of alkyl halides is 3. The second kappa shape index (κ2) is 4.92. The van der Waals surface area contributed by atoms with Crippen LogP contribution in [0.4, 0.5) is 13.2 Å². The van der Waals surface area contributed by atoms with Crippen molar-refractivity contribution in [3.8, 4) is 0 Å². The molecule has 1 saturated heterocycles. The first-order chi connectivity index (χ1) is 8.92. The molecule has 0 bridgehead atoms. The Morgan fingerprint density at radius 1 is 1.58 bits per heavy atom. The highest BCUT2D eigenvalue weighted by atomic mass is 19.4. The number of nitrogens with one attached hydrogen (secondary N) is 1. The van der Waals surface area contributed by atoms with Crippen molar-refractivity contribution < 1.29 is 18.0 Å². The van der Waals surface area contributed by atoms with Gasteiger partial charge in [-0.15, -0.1) is 5.10 Å². The highest BCUT2D eigenvalue weighted by molar-refractivity contribution is 6.00. The topological polar surface area (TPSA) is 59.8 Å². The van der Waals surface area contributed by atoms with Gasteiger partial charge in [-0.05, 0) is 19.4 Å². The minimum Gasteiger partial charge on any atom is -0.315 e. The predicted octanol–water partition coefficient (Wildman–Crippen LogP) is 1.41. The molecule has 2 rings (SSSR count). The molecule has 0 aliphatic carbocycles. The maximum atomic E-state index is 13.3. The number of aromatic nitrogens is 3. The molecule has 0 spiro atoms. The van der Waals surface area contributed by atoms with Gasteiger partial charge in [-0.25, -0.2) is 4.68 Å². The molecule has 1 atom stereocenters. The zero-order chi connectivity index (χ0) is 14.1. The lowest BCUT2D eigenvalue weighted by Gasteiger charge is -2.29. The van der Waals surface area contributed by atoms with Crippen LogP contribution in [0.15, 0.2) is 6.20 Å². The van der Waals surface area contributed by atoms with E-state index in [9.17, 15) is 18.0 Å². The summed E-state index contributed by atoms with van der Waals surface area (Å²) in [5, 5.41) is 9.84. The molecule has 1 N–H and O–H groups in total. The second-order valence-electron chi connectivity index (χ2n) is 4.68. The van der Waals surface area contributed by atoms with Crippen LogP contribution in [0.1, 0.15) is 30.3 Å². The third-order valence-electron chi connectivity index (χ3n) is 3.42. The molecular formula is C11H15F3N4O. The summed E-state index contributed by atoms with van der Waals surface area (Å²) < 4.78 is 41.0. The molecule has 0 saturated carbocycles. The highest BCUT2D eigenvalue weighted by Gasteiger charge is 2.61. The Morgan fingerprint density at radius 2 is 2.32 bits per heavy atom. The van der Waals surface area contributed by atoms with Crippen molar-refractivity contribution in [3.05, 3.63) is 11.9 Å². The van der Waals surface area contributed by atoms with Crippen LogP contribution in [-0.2, 0) is 6.54 Å². The Bertz CT molecular complexity index is 463. The number of Topliss-reactive ketones (excluding diaryl/α,β-unsaturated/α-hetero) is 1. The van der Waals surface area contributed by atoms with Crippen molar-refractivity contribution in [2.45, 2.75) is 32.5 Å². The molecule has 19 heavy (non-hydrogen) atoms. The summed E-state index contributed by atoms with van der Waals surface area (Å²) in [5.74, 6) is -0.941. The number of halogens is 3. The normalized spacial score (nSPS) is 23.8. The summed E-state index contributed by atoms with van der Waals surface area (Å²) >= 11 is 0. The molecule has 1 aromatic rings. The standard InChI is InChI=1S/C11H15F3N4O/c1-2-5-18-8(6-16-17-18)9(19)10(11(12,13)14)3-4-15-7-10/h6,15H,2-5,7H2,1H3. The highest BCUT2D eigenvalue weighted by Crippen LogP contribution is 2.45. The summed E-state index contributed by atoms with van der Waals surface area (Å²) in [6.45, 7) is 2.03. The average Bonchev–Trinajstić information content (AvgIpc) is 2.96. The van der Waals surface area contributed by atoms with E-state index in [-0.39, 0.29) is 25.2 Å². The Morgan fingerprint density at radius 3 is 2.84 bits per heavy atom. The average molecular weight is 276 g/mol. The molecule has 1 unspecified atom stereocenters.